The lowest BCUT2D eigenvalue weighted by molar-refractivity contribution is 0.169. The third-order valence-corrected chi connectivity index (χ3v) is 5.78. The number of urea groups is 1. The summed E-state index contributed by atoms with van der Waals surface area (Å²) in [6.07, 6.45) is 6.49. The molecule has 0 spiro atoms. The molecule has 3 heterocycles. The number of nitrogens with one attached hydrogen (secondary N) is 3. The van der Waals surface area contributed by atoms with E-state index < -0.39 is 0 Å². The molecule has 2 aliphatic rings. The van der Waals surface area contributed by atoms with E-state index in [-0.39, 0.29) is 6.03 Å². The summed E-state index contributed by atoms with van der Waals surface area (Å²) in [6, 6.07) is 5.52. The summed E-state index contributed by atoms with van der Waals surface area (Å²) in [5, 5.41) is 7.95. The lowest BCUT2D eigenvalue weighted by atomic mass is 9.93. The number of rotatable bonds is 4. The molecular formula is C20H28N4O. The van der Waals surface area contributed by atoms with Crippen LogP contribution in [0.15, 0.2) is 18.3 Å². The van der Waals surface area contributed by atoms with E-state index in [1.807, 2.05) is 4.90 Å². The number of carbonyl (C=O) groups is 1. The number of aromatic nitrogens is 1. The van der Waals surface area contributed by atoms with Gasteiger partial charge in [0.1, 0.15) is 0 Å². The number of carbonyl (C=O) groups excluding carboxylic acids is 1. The highest BCUT2D eigenvalue weighted by molar-refractivity contribution is 5.86. The molecule has 2 atom stereocenters. The number of nitrogens with zero attached hydrogens (tertiary/aromatic N) is 1. The molecule has 0 saturated carbocycles. The zero-order chi connectivity index (χ0) is 17.4. The van der Waals surface area contributed by atoms with Crippen LogP contribution in [0.5, 0.6) is 0 Å². The second-order valence-corrected chi connectivity index (χ2v) is 7.61. The molecule has 2 unspecified atom stereocenters. The minimum atomic E-state index is 0.119. The lowest BCUT2D eigenvalue weighted by Crippen LogP contribution is -2.49. The highest BCUT2D eigenvalue weighted by Gasteiger charge is 2.31. The van der Waals surface area contributed by atoms with Gasteiger partial charge in [-0.15, -0.1) is 0 Å². The van der Waals surface area contributed by atoms with Crippen molar-refractivity contribution in [2.75, 3.05) is 19.6 Å². The van der Waals surface area contributed by atoms with Crippen LogP contribution < -0.4 is 10.6 Å². The van der Waals surface area contributed by atoms with Crippen molar-refractivity contribution < 1.29 is 4.79 Å². The largest absolute Gasteiger partial charge is 0.361 e. The van der Waals surface area contributed by atoms with E-state index in [9.17, 15) is 4.79 Å². The number of piperidine rings is 1. The molecule has 2 aromatic rings. The standard InChI is InChI=1S/C20H28N4O/c1-13-9-14(2)19-18(10-13)15(12-23-19)3-4-16-11-17(5-6-21-16)24-8-7-22-20(24)25/h9-10,12,16-17,21,23H,3-8,11H2,1-2H3,(H,22,25). The Morgan fingerprint density at radius 2 is 2.12 bits per heavy atom. The zero-order valence-corrected chi connectivity index (χ0v) is 15.2. The highest BCUT2D eigenvalue weighted by atomic mass is 16.2. The van der Waals surface area contributed by atoms with Crippen molar-refractivity contribution in [3.05, 3.63) is 35.0 Å². The zero-order valence-electron chi connectivity index (χ0n) is 15.2. The van der Waals surface area contributed by atoms with Crippen LogP contribution in [0.3, 0.4) is 0 Å². The molecule has 0 bridgehead atoms. The van der Waals surface area contributed by atoms with E-state index in [2.05, 4.69) is 47.8 Å². The maximum absolute atomic E-state index is 11.9. The molecule has 1 aromatic carbocycles. The maximum Gasteiger partial charge on any atom is 0.317 e. The predicted molar refractivity (Wildman–Crippen MR) is 101 cm³/mol. The average molecular weight is 340 g/mol. The second-order valence-electron chi connectivity index (χ2n) is 7.61. The molecular weight excluding hydrogens is 312 g/mol. The second kappa shape index (κ2) is 6.71. The number of amides is 2. The Bertz CT molecular complexity index is 781. The summed E-state index contributed by atoms with van der Waals surface area (Å²) in [7, 11) is 0. The van der Waals surface area contributed by atoms with E-state index >= 15 is 0 Å². The van der Waals surface area contributed by atoms with Gasteiger partial charge >= 0.3 is 6.03 Å². The van der Waals surface area contributed by atoms with Gasteiger partial charge in [0.15, 0.2) is 0 Å². The van der Waals surface area contributed by atoms with Gasteiger partial charge < -0.3 is 20.5 Å². The SMILES string of the molecule is Cc1cc(C)c2[nH]cc(CCC3CC(N4CCNC4=O)CCN3)c2c1. The molecule has 5 heteroatoms. The molecule has 5 nitrogen and oxygen atoms in total. The van der Waals surface area contributed by atoms with Crippen LogP contribution in [0.25, 0.3) is 10.9 Å². The normalized spacial score (nSPS) is 24.1. The van der Waals surface area contributed by atoms with Crippen molar-refractivity contribution in [2.24, 2.45) is 0 Å². The Kier molecular flexibility index (Phi) is 4.42. The summed E-state index contributed by atoms with van der Waals surface area (Å²) in [4.78, 5) is 17.4. The van der Waals surface area contributed by atoms with Gasteiger partial charge in [0.25, 0.3) is 0 Å². The van der Waals surface area contributed by atoms with Gasteiger partial charge in [-0.2, -0.15) is 0 Å². The van der Waals surface area contributed by atoms with E-state index in [1.165, 1.54) is 27.6 Å². The minimum Gasteiger partial charge on any atom is -0.361 e. The molecule has 134 valence electrons. The van der Waals surface area contributed by atoms with Gasteiger partial charge in [0, 0.05) is 42.3 Å². The molecule has 2 aliphatic heterocycles. The van der Waals surface area contributed by atoms with Gasteiger partial charge in [-0.1, -0.05) is 11.6 Å². The topological polar surface area (TPSA) is 60.2 Å². The summed E-state index contributed by atoms with van der Waals surface area (Å²) >= 11 is 0. The van der Waals surface area contributed by atoms with E-state index in [0.717, 1.165) is 45.3 Å². The highest BCUT2D eigenvalue weighted by Crippen LogP contribution is 2.26. The number of aromatic amines is 1. The molecule has 3 N–H and O–H groups in total. The fourth-order valence-corrected chi connectivity index (χ4v) is 4.51. The van der Waals surface area contributed by atoms with Crippen molar-refractivity contribution in [3.8, 4) is 0 Å². The quantitative estimate of drug-likeness (QED) is 0.801. The molecule has 4 rings (SSSR count). The Morgan fingerprint density at radius 1 is 1.24 bits per heavy atom. The van der Waals surface area contributed by atoms with E-state index in [1.54, 1.807) is 0 Å². The van der Waals surface area contributed by atoms with Gasteiger partial charge in [-0.25, -0.2) is 4.79 Å². The number of aryl methyl sites for hydroxylation is 3. The first-order valence-corrected chi connectivity index (χ1v) is 9.47. The molecule has 0 aliphatic carbocycles. The first-order chi connectivity index (χ1) is 12.1. The van der Waals surface area contributed by atoms with Crippen molar-refractivity contribution in [3.63, 3.8) is 0 Å². The maximum atomic E-state index is 11.9. The van der Waals surface area contributed by atoms with Crippen molar-refractivity contribution in [2.45, 2.75) is 51.6 Å². The smallest absolute Gasteiger partial charge is 0.317 e. The monoisotopic (exact) mass is 340 g/mol. The summed E-state index contributed by atoms with van der Waals surface area (Å²) in [6.45, 7) is 6.99. The number of hydrogen-bond donors (Lipinski definition) is 3. The van der Waals surface area contributed by atoms with Crippen molar-refractivity contribution in [1.82, 2.24) is 20.5 Å². The van der Waals surface area contributed by atoms with E-state index in [0.29, 0.717) is 12.1 Å². The molecule has 2 fully saturated rings. The van der Waals surface area contributed by atoms with Crippen LogP contribution in [0.4, 0.5) is 4.79 Å². The third kappa shape index (κ3) is 3.25. The Hall–Kier alpha value is -2.01. The van der Waals surface area contributed by atoms with Crippen LogP contribution in [0.1, 0.15) is 36.0 Å². The van der Waals surface area contributed by atoms with Gasteiger partial charge in [-0.05, 0) is 63.3 Å². The molecule has 2 amide bonds. The molecule has 0 radical (unpaired) electrons. The predicted octanol–water partition coefficient (Wildman–Crippen LogP) is 2.86. The Morgan fingerprint density at radius 3 is 2.92 bits per heavy atom. The molecule has 25 heavy (non-hydrogen) atoms. The van der Waals surface area contributed by atoms with Crippen LogP contribution in [-0.2, 0) is 6.42 Å². The van der Waals surface area contributed by atoms with Crippen LogP contribution in [0, 0.1) is 13.8 Å². The average Bonchev–Trinajstić information content (AvgIpc) is 3.19. The number of fused-ring (bicyclic) bond motifs is 1. The summed E-state index contributed by atoms with van der Waals surface area (Å²) < 4.78 is 0. The lowest BCUT2D eigenvalue weighted by Gasteiger charge is -2.35. The molecule has 2 saturated heterocycles. The van der Waals surface area contributed by atoms with Gasteiger partial charge in [0.2, 0.25) is 0 Å². The van der Waals surface area contributed by atoms with Crippen molar-refractivity contribution in [1.29, 1.82) is 0 Å². The van der Waals surface area contributed by atoms with Crippen LogP contribution in [0.2, 0.25) is 0 Å². The number of hydrogen-bond acceptors (Lipinski definition) is 2. The van der Waals surface area contributed by atoms with Crippen LogP contribution >= 0.6 is 0 Å². The van der Waals surface area contributed by atoms with Crippen molar-refractivity contribution >= 4 is 16.9 Å². The van der Waals surface area contributed by atoms with Crippen LogP contribution in [-0.4, -0.2) is 47.6 Å². The van der Waals surface area contributed by atoms with E-state index in [4.69, 9.17) is 0 Å². The number of benzene rings is 1. The summed E-state index contributed by atoms with van der Waals surface area (Å²) in [5.74, 6) is 0. The first kappa shape index (κ1) is 16.5. The third-order valence-electron chi connectivity index (χ3n) is 5.78. The molecule has 1 aromatic heterocycles. The Labute approximate surface area is 149 Å². The fraction of sp³-hybridized carbons (Fsp3) is 0.550. The number of H-pyrrole nitrogens is 1. The fourth-order valence-electron chi connectivity index (χ4n) is 4.51. The Balaban J connectivity index is 1.42. The van der Waals surface area contributed by atoms with Gasteiger partial charge in [-0.3, -0.25) is 0 Å². The first-order valence-electron chi connectivity index (χ1n) is 9.47. The summed E-state index contributed by atoms with van der Waals surface area (Å²) in [5.41, 5.74) is 5.31. The minimum absolute atomic E-state index is 0.119. The van der Waals surface area contributed by atoms with Gasteiger partial charge in [0.05, 0.1) is 0 Å².